The number of hydrogen-bond donors (Lipinski definition) is 4. The largest absolute Gasteiger partial charge is 0.394 e. The van der Waals surface area contributed by atoms with Crippen molar-refractivity contribution in [2.45, 2.75) is 24.7 Å². The summed E-state index contributed by atoms with van der Waals surface area (Å²) in [5.41, 5.74) is 9.96. The van der Waals surface area contributed by atoms with Gasteiger partial charge in [0, 0.05) is 39.6 Å². The van der Waals surface area contributed by atoms with E-state index in [0.29, 0.717) is 6.42 Å². The van der Waals surface area contributed by atoms with E-state index in [4.69, 9.17) is 14.7 Å². The Kier molecular flexibility index (Phi) is 5.55. The maximum Gasteiger partial charge on any atom is 0.107 e. The van der Waals surface area contributed by atoms with Crippen LogP contribution in [-0.4, -0.2) is 49.0 Å². The molecule has 0 aliphatic carbocycles. The number of nitrogens with zero attached hydrogens (tertiary/aromatic N) is 2. The molecule has 3 aliphatic rings. The minimum absolute atomic E-state index is 0.238. The zero-order valence-electron chi connectivity index (χ0n) is 20.5. The SMILES string of the molecule is OC[C@H]1O[C@@H](c2c3nc(cc4ccc([nH]4)c(-c4ccccc4)c4ccc(cc5nc2C=C5)[nH]4)C=C3)CC1O. The van der Waals surface area contributed by atoms with E-state index in [9.17, 15) is 10.2 Å². The molecule has 8 bridgehead atoms. The van der Waals surface area contributed by atoms with Gasteiger partial charge in [0.05, 0.1) is 41.6 Å². The van der Waals surface area contributed by atoms with E-state index in [2.05, 4.69) is 46.4 Å². The Hall–Kier alpha value is -4.30. The normalized spacial score (nSPS) is 20.3. The van der Waals surface area contributed by atoms with Crippen molar-refractivity contribution < 1.29 is 14.9 Å². The fraction of sp³-hybridized carbons (Fsp3) is 0.161. The standard InChI is InChI=1S/C31H26N4O3/c36-17-29-27(37)16-28(38-29)31-25-12-8-21(34-25)14-19-6-10-23(32-19)30(18-4-2-1-3-5-18)24-11-7-20(33-24)15-22-9-13-26(31)35-22/h1-15,27-29,32-33,36-37H,16-17H2/t27?,28-,29-/m1/s1. The number of aliphatic hydroxyl groups excluding tert-OH is 2. The number of aromatic nitrogens is 4. The summed E-state index contributed by atoms with van der Waals surface area (Å²) in [6.07, 6.45) is 6.43. The number of H-pyrrole nitrogens is 2. The molecule has 0 saturated carbocycles. The molecule has 0 radical (unpaired) electrons. The number of aromatic amines is 2. The van der Waals surface area contributed by atoms with Gasteiger partial charge in [-0.1, -0.05) is 30.3 Å². The van der Waals surface area contributed by atoms with Crippen molar-refractivity contribution >= 4 is 46.4 Å². The van der Waals surface area contributed by atoms with E-state index in [1.54, 1.807) is 0 Å². The van der Waals surface area contributed by atoms with Gasteiger partial charge in [-0.05, 0) is 66.3 Å². The zero-order valence-corrected chi connectivity index (χ0v) is 20.5. The van der Waals surface area contributed by atoms with Gasteiger partial charge in [0.2, 0.25) is 0 Å². The summed E-state index contributed by atoms with van der Waals surface area (Å²) in [7, 11) is 0. The van der Waals surface area contributed by atoms with Crippen LogP contribution in [0.3, 0.4) is 0 Å². The van der Waals surface area contributed by atoms with Gasteiger partial charge < -0.3 is 24.9 Å². The molecule has 3 aliphatic heterocycles. The molecule has 0 spiro atoms. The lowest BCUT2D eigenvalue weighted by atomic mass is 10.0. The van der Waals surface area contributed by atoms with Crippen LogP contribution in [0.15, 0.2) is 66.7 Å². The van der Waals surface area contributed by atoms with E-state index >= 15 is 0 Å². The van der Waals surface area contributed by atoms with Crippen LogP contribution in [0.1, 0.15) is 40.9 Å². The van der Waals surface area contributed by atoms with Gasteiger partial charge in [0.1, 0.15) is 6.10 Å². The smallest absolute Gasteiger partial charge is 0.107 e. The lowest BCUT2D eigenvalue weighted by Gasteiger charge is -2.14. The Bertz CT molecular complexity index is 1650. The Balaban J connectivity index is 1.51. The monoisotopic (exact) mass is 502 g/mol. The van der Waals surface area contributed by atoms with Crippen LogP contribution >= 0.6 is 0 Å². The van der Waals surface area contributed by atoms with Crippen molar-refractivity contribution in [2.24, 2.45) is 0 Å². The first kappa shape index (κ1) is 22.9. The number of nitrogens with one attached hydrogen (secondary N) is 2. The summed E-state index contributed by atoms with van der Waals surface area (Å²) >= 11 is 0. The van der Waals surface area contributed by atoms with Gasteiger partial charge in [-0.3, -0.25) is 0 Å². The molecule has 3 atom stereocenters. The van der Waals surface area contributed by atoms with Crippen LogP contribution in [0.2, 0.25) is 0 Å². The van der Waals surface area contributed by atoms with Crippen LogP contribution in [0, 0.1) is 0 Å². The third-order valence-corrected chi connectivity index (χ3v) is 7.23. The Labute approximate surface area is 218 Å². The second kappa shape index (κ2) is 9.22. The number of rotatable bonds is 3. The molecule has 1 fully saturated rings. The van der Waals surface area contributed by atoms with Crippen molar-refractivity contribution in [1.29, 1.82) is 0 Å². The van der Waals surface area contributed by atoms with Crippen molar-refractivity contribution in [3.05, 3.63) is 95.1 Å². The number of ether oxygens (including phenoxy) is 1. The van der Waals surface area contributed by atoms with Gasteiger partial charge in [-0.2, -0.15) is 0 Å². The number of benzene rings is 1. The van der Waals surface area contributed by atoms with Gasteiger partial charge in [0.15, 0.2) is 0 Å². The molecule has 4 aromatic rings. The summed E-state index contributed by atoms with van der Waals surface area (Å²) in [5, 5.41) is 20.1. The second-order valence-electron chi connectivity index (χ2n) is 9.76. The zero-order chi connectivity index (χ0) is 25.6. The molecule has 1 aromatic carbocycles. The molecule has 7 rings (SSSR count). The minimum Gasteiger partial charge on any atom is -0.394 e. The minimum atomic E-state index is -0.746. The lowest BCUT2D eigenvalue weighted by molar-refractivity contribution is -0.0227. The van der Waals surface area contributed by atoms with E-state index in [1.807, 2.05) is 54.6 Å². The third kappa shape index (κ3) is 4.07. The van der Waals surface area contributed by atoms with Crippen molar-refractivity contribution in [1.82, 2.24) is 19.9 Å². The van der Waals surface area contributed by atoms with E-state index in [-0.39, 0.29) is 6.61 Å². The fourth-order valence-electron chi connectivity index (χ4n) is 5.42. The van der Waals surface area contributed by atoms with Crippen molar-refractivity contribution in [3.63, 3.8) is 0 Å². The highest BCUT2D eigenvalue weighted by atomic mass is 16.5. The maximum atomic E-state index is 10.4. The Morgan fingerprint density at radius 2 is 1.39 bits per heavy atom. The lowest BCUT2D eigenvalue weighted by Crippen LogP contribution is -2.24. The van der Waals surface area contributed by atoms with Crippen LogP contribution in [-0.2, 0) is 4.74 Å². The maximum absolute atomic E-state index is 10.4. The van der Waals surface area contributed by atoms with Crippen molar-refractivity contribution in [3.8, 4) is 11.1 Å². The summed E-state index contributed by atoms with van der Waals surface area (Å²) in [4.78, 5) is 16.9. The highest BCUT2D eigenvalue weighted by Crippen LogP contribution is 2.38. The molecule has 4 N–H and O–H groups in total. The van der Waals surface area contributed by atoms with E-state index in [0.717, 1.165) is 61.5 Å². The summed E-state index contributed by atoms with van der Waals surface area (Å²) in [5.74, 6) is 0. The van der Waals surface area contributed by atoms with Crippen molar-refractivity contribution in [2.75, 3.05) is 6.61 Å². The van der Waals surface area contributed by atoms with E-state index in [1.165, 1.54) is 0 Å². The molecule has 3 aromatic heterocycles. The Morgan fingerprint density at radius 3 is 1.95 bits per heavy atom. The van der Waals surface area contributed by atoms with Crippen LogP contribution in [0.25, 0.3) is 57.5 Å². The molecular weight excluding hydrogens is 476 g/mol. The summed E-state index contributed by atoms with van der Waals surface area (Å²) < 4.78 is 6.05. The molecule has 6 heterocycles. The van der Waals surface area contributed by atoms with Gasteiger partial charge in [-0.25, -0.2) is 9.97 Å². The first-order valence-electron chi connectivity index (χ1n) is 12.7. The average Bonchev–Trinajstić information content (AvgIpc) is 3.75. The number of aliphatic hydroxyl groups is 2. The van der Waals surface area contributed by atoms with Crippen LogP contribution in [0.4, 0.5) is 0 Å². The molecule has 7 heteroatoms. The molecule has 0 amide bonds. The predicted molar refractivity (Wildman–Crippen MR) is 150 cm³/mol. The number of hydrogen-bond acceptors (Lipinski definition) is 5. The molecule has 1 saturated heterocycles. The molecule has 1 unspecified atom stereocenters. The number of fused-ring (bicyclic) bond motifs is 8. The second-order valence-corrected chi connectivity index (χ2v) is 9.76. The average molecular weight is 503 g/mol. The molecule has 38 heavy (non-hydrogen) atoms. The summed E-state index contributed by atoms with van der Waals surface area (Å²) in [6, 6.07) is 22.6. The highest BCUT2D eigenvalue weighted by molar-refractivity contribution is 5.93. The highest BCUT2D eigenvalue weighted by Gasteiger charge is 2.36. The van der Waals surface area contributed by atoms with E-state index < -0.39 is 18.3 Å². The predicted octanol–water partition coefficient (Wildman–Crippen LogP) is 5.51. The first-order valence-corrected chi connectivity index (χ1v) is 12.7. The summed E-state index contributed by atoms with van der Waals surface area (Å²) in [6.45, 7) is -0.238. The topological polar surface area (TPSA) is 107 Å². The third-order valence-electron chi connectivity index (χ3n) is 7.23. The van der Waals surface area contributed by atoms with Gasteiger partial charge >= 0.3 is 0 Å². The molecule has 7 nitrogen and oxygen atoms in total. The fourth-order valence-corrected chi connectivity index (χ4v) is 5.42. The van der Waals surface area contributed by atoms with Gasteiger partial charge in [0.25, 0.3) is 0 Å². The van der Waals surface area contributed by atoms with Crippen LogP contribution < -0.4 is 0 Å². The quantitative estimate of drug-likeness (QED) is 0.255. The molecule has 188 valence electrons. The van der Waals surface area contributed by atoms with Crippen LogP contribution in [0.5, 0.6) is 0 Å². The molecular formula is C31H26N4O3. The first-order chi connectivity index (χ1) is 18.6. The Morgan fingerprint density at radius 1 is 0.789 bits per heavy atom. The van der Waals surface area contributed by atoms with Gasteiger partial charge in [-0.15, -0.1) is 0 Å².